The van der Waals surface area contributed by atoms with Gasteiger partial charge in [-0.15, -0.1) is 0 Å². The Balaban J connectivity index is 1.66. The number of carbonyl (C=O) groups is 1. The molecule has 0 aliphatic carbocycles. The number of carbonyl (C=O) groups excluding carboxylic acids is 1. The maximum atomic E-state index is 12.7. The molecule has 0 atom stereocenters. The highest BCUT2D eigenvalue weighted by atomic mass is 16.5. The number of pyridine rings is 1. The molecule has 2 aromatic heterocycles. The summed E-state index contributed by atoms with van der Waals surface area (Å²) in [5, 5.41) is 6.13. The number of nitrogens with zero attached hydrogens (tertiary/aromatic N) is 2. The molecule has 0 radical (unpaired) electrons. The molecule has 30 heavy (non-hydrogen) atoms. The van der Waals surface area contributed by atoms with E-state index in [2.05, 4.69) is 27.0 Å². The van der Waals surface area contributed by atoms with Crippen molar-refractivity contribution in [1.82, 2.24) is 9.55 Å². The minimum atomic E-state index is -0.236. The summed E-state index contributed by atoms with van der Waals surface area (Å²) < 4.78 is 7.48. The van der Waals surface area contributed by atoms with Crippen molar-refractivity contribution in [2.75, 3.05) is 12.4 Å². The monoisotopic (exact) mass is 393 g/mol. The van der Waals surface area contributed by atoms with Gasteiger partial charge in [-0.2, -0.15) is 0 Å². The van der Waals surface area contributed by atoms with Gasteiger partial charge in [0.05, 0.1) is 24.0 Å². The zero-order valence-corrected chi connectivity index (χ0v) is 16.4. The van der Waals surface area contributed by atoms with Crippen molar-refractivity contribution in [2.24, 2.45) is 0 Å². The smallest absolute Gasteiger partial charge is 0.274 e. The van der Waals surface area contributed by atoms with Gasteiger partial charge in [-0.05, 0) is 53.9 Å². The Morgan fingerprint density at radius 2 is 1.80 bits per heavy atom. The van der Waals surface area contributed by atoms with Gasteiger partial charge in [-0.25, -0.2) is 0 Å². The Labute approximate surface area is 173 Å². The molecule has 1 amide bonds. The zero-order valence-electron chi connectivity index (χ0n) is 16.4. The van der Waals surface area contributed by atoms with Crippen LogP contribution in [0.1, 0.15) is 10.5 Å². The third kappa shape index (κ3) is 3.06. The number of fused-ring (bicyclic) bond motifs is 2. The van der Waals surface area contributed by atoms with Crippen LogP contribution in [0.5, 0.6) is 5.75 Å². The number of nitrogens with one attached hydrogen (secondary N) is 1. The van der Waals surface area contributed by atoms with Gasteiger partial charge in [0.15, 0.2) is 0 Å². The van der Waals surface area contributed by atoms with Crippen LogP contribution in [0.2, 0.25) is 0 Å². The van der Waals surface area contributed by atoms with E-state index in [9.17, 15) is 4.79 Å². The van der Waals surface area contributed by atoms with Crippen LogP contribution in [0.25, 0.3) is 27.4 Å². The predicted molar refractivity (Wildman–Crippen MR) is 120 cm³/mol. The molecular weight excluding hydrogens is 374 g/mol. The molecule has 146 valence electrons. The van der Waals surface area contributed by atoms with Crippen molar-refractivity contribution in [1.29, 1.82) is 0 Å². The fraction of sp³-hybridized carbons (Fsp3) is 0.0400. The Bertz CT molecular complexity index is 1370. The molecule has 0 aliphatic heterocycles. The average molecular weight is 393 g/mol. The molecule has 0 spiro atoms. The van der Waals surface area contributed by atoms with Gasteiger partial charge in [0.25, 0.3) is 5.91 Å². The van der Waals surface area contributed by atoms with E-state index in [0.717, 1.165) is 38.8 Å². The molecule has 5 rings (SSSR count). The van der Waals surface area contributed by atoms with Gasteiger partial charge in [-0.3, -0.25) is 9.78 Å². The Morgan fingerprint density at radius 3 is 2.60 bits per heavy atom. The van der Waals surface area contributed by atoms with Crippen LogP contribution >= 0.6 is 0 Å². The highest BCUT2D eigenvalue weighted by Gasteiger charge is 2.14. The summed E-state index contributed by atoms with van der Waals surface area (Å²) in [4.78, 5) is 16.9. The van der Waals surface area contributed by atoms with Crippen molar-refractivity contribution < 1.29 is 9.53 Å². The summed E-state index contributed by atoms with van der Waals surface area (Å²) >= 11 is 0. The molecule has 0 aliphatic rings. The molecule has 0 saturated heterocycles. The summed E-state index contributed by atoms with van der Waals surface area (Å²) in [7, 11) is 1.67. The first kappa shape index (κ1) is 17.9. The number of rotatable bonds is 4. The van der Waals surface area contributed by atoms with Crippen molar-refractivity contribution in [2.45, 2.75) is 0 Å². The average Bonchev–Trinajstić information content (AvgIpc) is 3.22. The summed E-state index contributed by atoms with van der Waals surface area (Å²) in [6, 6.07) is 25.4. The highest BCUT2D eigenvalue weighted by Crippen LogP contribution is 2.33. The summed E-state index contributed by atoms with van der Waals surface area (Å²) in [5.41, 5.74) is 3.18. The Morgan fingerprint density at radius 1 is 0.933 bits per heavy atom. The number of ether oxygens (including phenoxy) is 1. The molecule has 5 heteroatoms. The van der Waals surface area contributed by atoms with Crippen molar-refractivity contribution in [3.05, 3.63) is 97.0 Å². The topological polar surface area (TPSA) is 56.1 Å². The molecule has 5 nitrogen and oxygen atoms in total. The SMILES string of the molecule is COc1ccc2c(ccn2-c2cccc3cccc(NC(=O)c4ccccn4)c23)c1. The summed E-state index contributed by atoms with van der Waals surface area (Å²) in [6.07, 6.45) is 3.65. The number of aromatic nitrogens is 2. The van der Waals surface area contributed by atoms with Gasteiger partial charge in [0.2, 0.25) is 0 Å². The molecule has 0 unspecified atom stereocenters. The van der Waals surface area contributed by atoms with Crippen LogP contribution in [0.4, 0.5) is 5.69 Å². The number of hydrogen-bond acceptors (Lipinski definition) is 3. The second kappa shape index (κ2) is 7.37. The van der Waals surface area contributed by atoms with Crippen molar-refractivity contribution in [3.8, 4) is 11.4 Å². The van der Waals surface area contributed by atoms with E-state index in [4.69, 9.17) is 4.74 Å². The van der Waals surface area contributed by atoms with E-state index < -0.39 is 0 Å². The lowest BCUT2D eigenvalue weighted by atomic mass is 10.1. The van der Waals surface area contributed by atoms with Gasteiger partial charge in [0, 0.05) is 23.2 Å². The molecule has 5 aromatic rings. The van der Waals surface area contributed by atoms with Crippen LogP contribution in [-0.2, 0) is 0 Å². The lowest BCUT2D eigenvalue weighted by molar-refractivity contribution is 0.102. The fourth-order valence-electron chi connectivity index (χ4n) is 3.77. The summed E-state index contributed by atoms with van der Waals surface area (Å²) in [5.74, 6) is 0.585. The maximum Gasteiger partial charge on any atom is 0.274 e. The third-order valence-electron chi connectivity index (χ3n) is 5.19. The molecule has 2 heterocycles. The third-order valence-corrected chi connectivity index (χ3v) is 5.19. The second-order valence-electron chi connectivity index (χ2n) is 6.96. The Kier molecular flexibility index (Phi) is 4.41. The molecular formula is C25H19N3O2. The van der Waals surface area contributed by atoms with Crippen molar-refractivity contribution >= 4 is 33.3 Å². The number of hydrogen-bond donors (Lipinski definition) is 1. The van der Waals surface area contributed by atoms with E-state index in [1.165, 1.54) is 0 Å². The first-order chi connectivity index (χ1) is 14.7. The minimum Gasteiger partial charge on any atom is -0.497 e. The lowest BCUT2D eigenvalue weighted by Crippen LogP contribution is -2.14. The number of benzene rings is 3. The van der Waals surface area contributed by atoms with Crippen LogP contribution in [-0.4, -0.2) is 22.6 Å². The van der Waals surface area contributed by atoms with Crippen LogP contribution in [0, 0.1) is 0 Å². The van der Waals surface area contributed by atoms with Gasteiger partial charge in [0.1, 0.15) is 11.4 Å². The quantitative estimate of drug-likeness (QED) is 0.442. The van der Waals surface area contributed by atoms with Crippen LogP contribution < -0.4 is 10.1 Å². The molecule has 1 N–H and O–H groups in total. The normalized spacial score (nSPS) is 11.0. The maximum absolute atomic E-state index is 12.7. The first-order valence-corrected chi connectivity index (χ1v) is 9.64. The van der Waals surface area contributed by atoms with Gasteiger partial charge in [-0.1, -0.05) is 30.3 Å². The van der Waals surface area contributed by atoms with Gasteiger partial charge < -0.3 is 14.6 Å². The predicted octanol–water partition coefficient (Wildman–Crippen LogP) is 5.44. The van der Waals surface area contributed by atoms with Gasteiger partial charge >= 0.3 is 0 Å². The second-order valence-corrected chi connectivity index (χ2v) is 6.96. The molecule has 3 aromatic carbocycles. The van der Waals surface area contributed by atoms with Crippen LogP contribution in [0.3, 0.4) is 0 Å². The standard InChI is InChI=1S/C25H19N3O2/c1-30-19-11-12-22-18(16-19)13-15-28(22)23-10-5-7-17-6-4-9-20(24(17)23)27-25(29)21-8-2-3-14-26-21/h2-16H,1H3,(H,27,29). The Hall–Kier alpha value is -4.12. The van der Waals surface area contributed by atoms with Crippen LogP contribution in [0.15, 0.2) is 91.3 Å². The first-order valence-electron chi connectivity index (χ1n) is 9.64. The van der Waals surface area contributed by atoms with E-state index in [-0.39, 0.29) is 5.91 Å². The fourth-order valence-corrected chi connectivity index (χ4v) is 3.77. The lowest BCUT2D eigenvalue weighted by Gasteiger charge is -2.14. The van der Waals surface area contributed by atoms with E-state index in [1.807, 2.05) is 54.7 Å². The highest BCUT2D eigenvalue weighted by molar-refractivity contribution is 6.10. The van der Waals surface area contributed by atoms with Crippen molar-refractivity contribution in [3.63, 3.8) is 0 Å². The molecule has 0 bridgehead atoms. The largest absolute Gasteiger partial charge is 0.497 e. The van der Waals surface area contributed by atoms with E-state index >= 15 is 0 Å². The molecule has 0 fully saturated rings. The number of anilines is 1. The van der Waals surface area contributed by atoms with E-state index in [0.29, 0.717) is 5.69 Å². The number of amides is 1. The zero-order chi connectivity index (χ0) is 20.5. The number of methoxy groups -OCH3 is 1. The summed E-state index contributed by atoms with van der Waals surface area (Å²) in [6.45, 7) is 0. The molecule has 0 saturated carbocycles. The van der Waals surface area contributed by atoms with E-state index in [1.54, 1.807) is 31.5 Å². The minimum absolute atomic E-state index is 0.236.